The van der Waals surface area contributed by atoms with Gasteiger partial charge in [-0.25, -0.2) is 4.98 Å². The number of hydrogen-bond acceptors (Lipinski definition) is 6. The van der Waals surface area contributed by atoms with E-state index >= 15 is 0 Å². The van der Waals surface area contributed by atoms with E-state index in [1.165, 1.54) is 11.3 Å². The van der Waals surface area contributed by atoms with Gasteiger partial charge in [0, 0.05) is 17.2 Å². The fourth-order valence-corrected chi connectivity index (χ4v) is 2.28. The average Bonchev–Trinajstić information content (AvgIpc) is 2.95. The van der Waals surface area contributed by atoms with E-state index in [9.17, 15) is 14.4 Å². The summed E-state index contributed by atoms with van der Waals surface area (Å²) >= 11 is 1.38. The Bertz CT molecular complexity index is 536. The number of aromatic nitrogens is 1. The van der Waals surface area contributed by atoms with E-state index in [4.69, 9.17) is 4.74 Å². The highest BCUT2D eigenvalue weighted by Crippen LogP contribution is 2.22. The number of imide groups is 1. The average molecular weight is 280 g/mol. The summed E-state index contributed by atoms with van der Waals surface area (Å²) in [5.41, 5.74) is 0.351. The third kappa shape index (κ3) is 3.05. The van der Waals surface area contributed by atoms with E-state index in [2.05, 4.69) is 4.98 Å². The summed E-state index contributed by atoms with van der Waals surface area (Å²) in [6.45, 7) is 1.55. The smallest absolute Gasteiger partial charge is 0.326 e. The number of carbonyl (C=O) groups excluding carboxylic acids is 3. The number of hydrogen-bond donors (Lipinski definition) is 0. The molecule has 0 spiro atoms. The maximum atomic E-state index is 12.0. The van der Waals surface area contributed by atoms with Gasteiger partial charge in [0.25, 0.3) is 5.91 Å². The fraction of sp³-hybridized carbons (Fsp3) is 0.333. The molecule has 0 bridgehead atoms. The lowest BCUT2D eigenvalue weighted by molar-refractivity contribution is -0.151. The molecule has 0 aromatic carbocycles. The second kappa shape index (κ2) is 5.75. The summed E-state index contributed by atoms with van der Waals surface area (Å²) < 4.78 is 4.73. The molecule has 2 amide bonds. The number of ether oxygens (including phenoxy) is 1. The number of likely N-dealkylation sites (tertiary alicyclic amines) is 1. The van der Waals surface area contributed by atoms with Gasteiger partial charge < -0.3 is 4.74 Å². The predicted molar refractivity (Wildman–Crippen MR) is 68.1 cm³/mol. The Kier molecular flexibility index (Phi) is 4.06. The van der Waals surface area contributed by atoms with Gasteiger partial charge in [-0.1, -0.05) is 0 Å². The first kappa shape index (κ1) is 13.4. The molecule has 1 aromatic rings. The molecule has 19 heavy (non-hydrogen) atoms. The Hall–Kier alpha value is -2.02. The zero-order chi connectivity index (χ0) is 13.8. The summed E-state index contributed by atoms with van der Waals surface area (Å²) in [4.78, 5) is 39.9. The highest BCUT2D eigenvalue weighted by molar-refractivity contribution is 7.10. The van der Waals surface area contributed by atoms with Gasteiger partial charge in [-0.2, -0.15) is 0 Å². The Morgan fingerprint density at radius 3 is 3.00 bits per heavy atom. The molecule has 2 heterocycles. The van der Waals surface area contributed by atoms with Crippen LogP contribution in [0, 0.1) is 0 Å². The van der Waals surface area contributed by atoms with Crippen molar-refractivity contribution in [3.05, 3.63) is 22.2 Å². The van der Waals surface area contributed by atoms with Crippen LogP contribution in [0.15, 0.2) is 17.2 Å². The van der Waals surface area contributed by atoms with Gasteiger partial charge in [0.05, 0.1) is 13.0 Å². The summed E-state index contributed by atoms with van der Waals surface area (Å²) in [5.74, 6) is -1.42. The van der Waals surface area contributed by atoms with Crippen LogP contribution >= 0.6 is 11.3 Å². The standard InChI is InChI=1S/C12H12N2O4S/c1-2-18-11(16)7-14-10(15)6-8(12(14)17)5-9-13-3-4-19-9/h3-5H,2,6-7H2,1H3/b8-5+. The number of nitrogens with zero attached hydrogens (tertiary/aromatic N) is 2. The first-order valence-corrected chi connectivity index (χ1v) is 6.60. The Morgan fingerprint density at radius 1 is 1.58 bits per heavy atom. The van der Waals surface area contributed by atoms with Gasteiger partial charge in [-0.3, -0.25) is 19.3 Å². The number of esters is 1. The zero-order valence-corrected chi connectivity index (χ0v) is 11.1. The van der Waals surface area contributed by atoms with Crippen molar-refractivity contribution in [2.75, 3.05) is 13.2 Å². The molecule has 7 heteroatoms. The van der Waals surface area contributed by atoms with E-state index < -0.39 is 11.9 Å². The largest absolute Gasteiger partial charge is 0.465 e. The zero-order valence-electron chi connectivity index (χ0n) is 10.3. The first-order chi connectivity index (χ1) is 9.11. The Balaban J connectivity index is 2.10. The molecule has 0 atom stereocenters. The van der Waals surface area contributed by atoms with Crippen LogP contribution in [-0.4, -0.2) is 40.8 Å². The molecular weight excluding hydrogens is 268 g/mol. The first-order valence-electron chi connectivity index (χ1n) is 5.72. The molecule has 1 fully saturated rings. The minimum Gasteiger partial charge on any atom is -0.465 e. The lowest BCUT2D eigenvalue weighted by Crippen LogP contribution is -2.35. The molecule has 100 valence electrons. The van der Waals surface area contributed by atoms with Crippen LogP contribution in [0.1, 0.15) is 18.4 Å². The molecule has 0 radical (unpaired) electrons. The maximum absolute atomic E-state index is 12.0. The van der Waals surface area contributed by atoms with Gasteiger partial charge in [-0.15, -0.1) is 11.3 Å². The molecule has 1 aliphatic rings. The van der Waals surface area contributed by atoms with Crippen LogP contribution in [0.2, 0.25) is 0 Å². The van der Waals surface area contributed by atoms with Gasteiger partial charge in [0.2, 0.25) is 5.91 Å². The van der Waals surface area contributed by atoms with Crippen molar-refractivity contribution in [3.63, 3.8) is 0 Å². The van der Waals surface area contributed by atoms with Crippen LogP contribution in [0.25, 0.3) is 6.08 Å². The van der Waals surface area contributed by atoms with Crippen molar-refractivity contribution in [2.24, 2.45) is 0 Å². The van der Waals surface area contributed by atoms with Crippen LogP contribution < -0.4 is 0 Å². The Morgan fingerprint density at radius 2 is 2.37 bits per heavy atom. The molecule has 1 aromatic heterocycles. The SMILES string of the molecule is CCOC(=O)CN1C(=O)C/C(=C\c2nccs2)C1=O. The van der Waals surface area contributed by atoms with Crippen molar-refractivity contribution < 1.29 is 19.1 Å². The van der Waals surface area contributed by atoms with Crippen LogP contribution in [0.5, 0.6) is 0 Å². The van der Waals surface area contributed by atoms with Crippen LogP contribution in [0.4, 0.5) is 0 Å². The third-order valence-electron chi connectivity index (χ3n) is 2.50. The summed E-state index contributed by atoms with van der Waals surface area (Å²) in [6, 6.07) is 0. The van der Waals surface area contributed by atoms with Crippen LogP contribution in [-0.2, 0) is 19.1 Å². The molecule has 0 N–H and O–H groups in total. The van der Waals surface area contributed by atoms with Crippen molar-refractivity contribution >= 4 is 35.2 Å². The highest BCUT2D eigenvalue weighted by Gasteiger charge is 2.35. The van der Waals surface area contributed by atoms with E-state index in [-0.39, 0.29) is 25.5 Å². The van der Waals surface area contributed by atoms with Crippen LogP contribution in [0.3, 0.4) is 0 Å². The van der Waals surface area contributed by atoms with E-state index in [1.54, 1.807) is 24.6 Å². The van der Waals surface area contributed by atoms with Gasteiger partial charge in [0.1, 0.15) is 11.6 Å². The quantitative estimate of drug-likeness (QED) is 0.464. The van der Waals surface area contributed by atoms with Crippen molar-refractivity contribution in [1.82, 2.24) is 9.88 Å². The molecule has 2 rings (SSSR count). The summed E-state index contributed by atoms with van der Waals surface area (Å²) in [5, 5.41) is 2.44. The van der Waals surface area contributed by atoms with Crippen molar-refractivity contribution in [1.29, 1.82) is 0 Å². The number of rotatable bonds is 4. The van der Waals surface area contributed by atoms with Gasteiger partial charge in [0.15, 0.2) is 0 Å². The lowest BCUT2D eigenvalue weighted by atomic mass is 10.2. The number of carbonyl (C=O) groups is 3. The summed E-state index contributed by atoms with van der Waals surface area (Å²) in [6.07, 6.45) is 3.20. The third-order valence-corrected chi connectivity index (χ3v) is 3.23. The van der Waals surface area contributed by atoms with E-state index in [0.29, 0.717) is 10.6 Å². The molecule has 0 saturated carbocycles. The minimum absolute atomic E-state index is 0.00216. The molecule has 6 nitrogen and oxygen atoms in total. The van der Waals surface area contributed by atoms with Gasteiger partial charge >= 0.3 is 5.97 Å². The number of amides is 2. The fourth-order valence-electron chi connectivity index (χ4n) is 1.68. The predicted octanol–water partition coefficient (Wildman–Crippen LogP) is 0.849. The molecular formula is C12H12N2O4S. The maximum Gasteiger partial charge on any atom is 0.326 e. The molecule has 1 saturated heterocycles. The lowest BCUT2D eigenvalue weighted by Gasteiger charge is -2.11. The number of thiazole rings is 1. The van der Waals surface area contributed by atoms with Crippen molar-refractivity contribution in [2.45, 2.75) is 13.3 Å². The minimum atomic E-state index is -0.584. The molecule has 0 aliphatic carbocycles. The second-order valence-corrected chi connectivity index (χ2v) is 4.73. The Labute approximate surface area is 113 Å². The summed E-state index contributed by atoms with van der Waals surface area (Å²) in [7, 11) is 0. The van der Waals surface area contributed by atoms with Gasteiger partial charge in [-0.05, 0) is 13.0 Å². The monoisotopic (exact) mass is 280 g/mol. The second-order valence-electron chi connectivity index (χ2n) is 3.81. The topological polar surface area (TPSA) is 76.6 Å². The molecule has 1 aliphatic heterocycles. The highest BCUT2D eigenvalue weighted by atomic mass is 32.1. The van der Waals surface area contributed by atoms with Crippen molar-refractivity contribution in [3.8, 4) is 0 Å². The van der Waals surface area contributed by atoms with E-state index in [0.717, 1.165) is 4.90 Å². The molecule has 0 unspecified atom stereocenters. The normalized spacial score (nSPS) is 17.3. The van der Waals surface area contributed by atoms with E-state index in [1.807, 2.05) is 0 Å².